The molecule has 1 saturated carbocycles. The Morgan fingerprint density at radius 3 is 1.84 bits per heavy atom. The molecular weight excluding hydrogens is 561 g/mol. The van der Waals surface area contributed by atoms with Crippen LogP contribution in [0, 0.1) is 0 Å². The van der Waals surface area contributed by atoms with Crippen LogP contribution in [0.1, 0.15) is 66.3 Å². The lowest BCUT2D eigenvalue weighted by Crippen LogP contribution is -2.35. The number of fused-ring (bicyclic) bond motifs is 10. The number of ether oxygens (including phenoxy) is 1. The first kappa shape index (κ1) is 27.2. The molecule has 5 aromatic rings. The second kappa shape index (κ2) is 10.6. The van der Waals surface area contributed by atoms with Gasteiger partial charge in [0.2, 0.25) is 0 Å². The fraction of sp³-hybridized carbons (Fsp3) is 0.250. The molecule has 8 rings (SSSR count). The van der Waals surface area contributed by atoms with Crippen molar-refractivity contribution in [2.75, 3.05) is 12.5 Å². The minimum Gasteiger partial charge on any atom is -0.472 e. The van der Waals surface area contributed by atoms with Crippen LogP contribution in [0.3, 0.4) is 0 Å². The normalized spacial score (nSPS) is 17.6. The van der Waals surface area contributed by atoms with E-state index in [-0.39, 0.29) is 5.41 Å². The molecule has 1 aliphatic heterocycles. The van der Waals surface area contributed by atoms with Crippen molar-refractivity contribution in [3.8, 4) is 16.9 Å². The molecule has 0 radical (unpaired) electrons. The molecule has 43 heavy (non-hydrogen) atoms. The van der Waals surface area contributed by atoms with Crippen molar-refractivity contribution in [1.29, 1.82) is 0 Å². The Kier molecular flexibility index (Phi) is 6.73. The summed E-state index contributed by atoms with van der Waals surface area (Å²) >= 11 is 3.55. The largest absolute Gasteiger partial charge is 0.472 e. The zero-order valence-corrected chi connectivity index (χ0v) is 26.5. The zero-order valence-electron chi connectivity index (χ0n) is 24.9. The lowest BCUT2D eigenvalue weighted by Gasteiger charge is -2.39. The zero-order chi connectivity index (χ0) is 29.0. The predicted molar refractivity (Wildman–Crippen MR) is 185 cm³/mol. The van der Waals surface area contributed by atoms with E-state index < -0.39 is 5.60 Å². The van der Waals surface area contributed by atoms with E-state index in [0.717, 1.165) is 16.9 Å². The van der Waals surface area contributed by atoms with Gasteiger partial charge in [0.15, 0.2) is 5.60 Å². The van der Waals surface area contributed by atoms with Crippen molar-refractivity contribution in [2.24, 2.45) is 0 Å². The number of benzene rings is 5. The van der Waals surface area contributed by atoms with Gasteiger partial charge in [-0.15, -0.1) is 23.5 Å². The number of rotatable bonds is 4. The van der Waals surface area contributed by atoms with E-state index in [1.807, 2.05) is 0 Å². The van der Waals surface area contributed by atoms with Crippen LogP contribution < -0.4 is 4.74 Å². The van der Waals surface area contributed by atoms with Gasteiger partial charge in [-0.25, -0.2) is 0 Å². The number of hydrogen-bond donors (Lipinski definition) is 0. The van der Waals surface area contributed by atoms with Gasteiger partial charge >= 0.3 is 0 Å². The lowest BCUT2D eigenvalue weighted by atomic mass is 9.70. The molecule has 0 amide bonds. The average Bonchev–Trinajstić information content (AvgIpc) is 3.18. The van der Waals surface area contributed by atoms with Crippen LogP contribution >= 0.6 is 23.5 Å². The monoisotopic (exact) mass is 596 g/mol. The summed E-state index contributed by atoms with van der Waals surface area (Å²) in [4.78, 5) is 2.52. The molecule has 0 N–H and O–H groups in total. The van der Waals surface area contributed by atoms with E-state index in [0.29, 0.717) is 0 Å². The summed E-state index contributed by atoms with van der Waals surface area (Å²) in [6.07, 6.45) is 16.6. The quantitative estimate of drug-likeness (QED) is 0.191. The van der Waals surface area contributed by atoms with Crippen molar-refractivity contribution in [1.82, 2.24) is 0 Å². The maximum atomic E-state index is 7.54. The molecule has 0 aromatic heterocycles. The summed E-state index contributed by atoms with van der Waals surface area (Å²) in [5.41, 5.74) is 8.78. The molecular formula is C40H36OS2. The van der Waals surface area contributed by atoms with Gasteiger partial charge in [-0.1, -0.05) is 105 Å². The van der Waals surface area contributed by atoms with Crippen LogP contribution in [0.4, 0.5) is 0 Å². The van der Waals surface area contributed by atoms with Gasteiger partial charge in [0.25, 0.3) is 0 Å². The first-order valence-corrected chi connectivity index (χ1v) is 18.0. The topological polar surface area (TPSA) is 9.23 Å². The highest BCUT2D eigenvalue weighted by Gasteiger charge is 2.48. The van der Waals surface area contributed by atoms with Crippen LogP contribution in [-0.2, 0) is 11.0 Å². The van der Waals surface area contributed by atoms with Gasteiger partial charge in [-0.05, 0) is 83.3 Å². The molecule has 1 fully saturated rings. The first-order valence-electron chi connectivity index (χ1n) is 15.5. The van der Waals surface area contributed by atoms with E-state index in [9.17, 15) is 0 Å². The predicted octanol–water partition coefficient (Wildman–Crippen LogP) is 11.3. The number of thioether (sulfide) groups is 2. The third kappa shape index (κ3) is 4.08. The molecule has 0 unspecified atom stereocenters. The van der Waals surface area contributed by atoms with Crippen LogP contribution in [0.25, 0.3) is 28.0 Å². The van der Waals surface area contributed by atoms with Crippen LogP contribution in [0.15, 0.2) is 113 Å². The molecule has 1 heterocycles. The van der Waals surface area contributed by atoms with Gasteiger partial charge in [0.1, 0.15) is 5.75 Å². The fourth-order valence-electron chi connectivity index (χ4n) is 8.13. The maximum absolute atomic E-state index is 7.54. The summed E-state index contributed by atoms with van der Waals surface area (Å²) in [7, 11) is 0. The van der Waals surface area contributed by atoms with E-state index in [4.69, 9.17) is 4.74 Å². The van der Waals surface area contributed by atoms with Crippen molar-refractivity contribution in [3.05, 3.63) is 131 Å². The molecule has 214 valence electrons. The summed E-state index contributed by atoms with van der Waals surface area (Å²) in [5.74, 6) is 1.02. The van der Waals surface area contributed by atoms with E-state index in [1.54, 1.807) is 23.5 Å². The third-order valence-corrected chi connectivity index (χ3v) is 11.6. The van der Waals surface area contributed by atoms with Crippen LogP contribution in [0.5, 0.6) is 5.75 Å². The summed E-state index contributed by atoms with van der Waals surface area (Å²) in [6.45, 7) is 0. The van der Waals surface area contributed by atoms with E-state index in [1.165, 1.54) is 86.9 Å². The van der Waals surface area contributed by atoms with Gasteiger partial charge < -0.3 is 4.74 Å². The minimum absolute atomic E-state index is 0.0320. The molecule has 0 saturated heterocycles. The SMILES string of the molecule is CSc1ccc(C2(c3ccc(SC)cc3)C=Cc3c4c(c5ccccc5c3O2)-c2ccccc2C42CCCCCC2)cc1. The van der Waals surface area contributed by atoms with Crippen molar-refractivity contribution in [3.63, 3.8) is 0 Å². The van der Waals surface area contributed by atoms with Gasteiger partial charge in [0.05, 0.1) is 0 Å². The molecule has 2 aliphatic carbocycles. The van der Waals surface area contributed by atoms with Gasteiger partial charge in [-0.2, -0.15) is 0 Å². The molecule has 1 nitrogen and oxygen atoms in total. The lowest BCUT2D eigenvalue weighted by molar-refractivity contribution is 0.163. The fourth-order valence-corrected chi connectivity index (χ4v) is 8.94. The number of hydrogen-bond acceptors (Lipinski definition) is 3. The Balaban J connectivity index is 1.42. The Morgan fingerprint density at radius 1 is 0.628 bits per heavy atom. The van der Waals surface area contributed by atoms with E-state index in [2.05, 4.69) is 122 Å². The molecule has 0 atom stereocenters. The standard InChI is InChI=1S/C40H36OS2/c1-42-29-19-15-27(16-20-29)40(28-17-21-30(43-2)22-18-28)26-23-34-37-36(31-11-5-6-12-32(31)38(34)41-40)33-13-7-8-14-35(33)39(37)24-9-3-4-10-25-39/h5-8,11-23,26H,3-4,9-10,24-25H2,1-2H3. The second-order valence-electron chi connectivity index (χ2n) is 12.2. The van der Waals surface area contributed by atoms with E-state index >= 15 is 0 Å². The third-order valence-electron chi connectivity index (χ3n) is 10.1. The van der Waals surface area contributed by atoms with Gasteiger partial charge in [-0.3, -0.25) is 0 Å². The van der Waals surface area contributed by atoms with Crippen molar-refractivity contribution in [2.45, 2.75) is 59.3 Å². The summed E-state index contributed by atoms with van der Waals surface area (Å²) in [6, 6.07) is 36.1. The summed E-state index contributed by atoms with van der Waals surface area (Å²) in [5, 5.41) is 2.51. The minimum atomic E-state index is -0.722. The second-order valence-corrected chi connectivity index (χ2v) is 14.0. The molecule has 0 bridgehead atoms. The Morgan fingerprint density at radius 2 is 1.21 bits per heavy atom. The smallest absolute Gasteiger partial charge is 0.178 e. The highest BCUT2D eigenvalue weighted by atomic mass is 32.2. The highest BCUT2D eigenvalue weighted by Crippen LogP contribution is 2.61. The Labute approximate surface area is 263 Å². The molecule has 5 aromatic carbocycles. The average molecular weight is 597 g/mol. The Hall–Kier alpha value is -3.40. The van der Waals surface area contributed by atoms with Crippen LogP contribution in [-0.4, -0.2) is 12.5 Å². The molecule has 3 heteroatoms. The van der Waals surface area contributed by atoms with Crippen molar-refractivity contribution >= 4 is 40.4 Å². The maximum Gasteiger partial charge on any atom is 0.178 e. The highest BCUT2D eigenvalue weighted by molar-refractivity contribution is 7.98. The molecule has 1 spiro atoms. The Bertz CT molecular complexity index is 1810. The summed E-state index contributed by atoms with van der Waals surface area (Å²) < 4.78 is 7.54. The first-order chi connectivity index (χ1) is 21.2. The van der Waals surface area contributed by atoms with Gasteiger partial charge in [0, 0.05) is 37.3 Å². The van der Waals surface area contributed by atoms with Crippen molar-refractivity contribution < 1.29 is 4.74 Å². The van der Waals surface area contributed by atoms with Crippen LogP contribution in [0.2, 0.25) is 0 Å². The molecule has 3 aliphatic rings.